The minimum atomic E-state index is -1.01. The smallest absolute Gasteiger partial charge is 0.229 e. The molecule has 0 spiro atoms. The molecule has 2 atom stereocenters. The molecule has 2 aromatic rings. The number of β-amino-alcohol motifs (C(OH)–C–C–N with tert-alkyl or cyclic N) is 1. The van der Waals surface area contributed by atoms with E-state index in [-0.39, 0.29) is 18.4 Å². The van der Waals surface area contributed by atoms with Gasteiger partial charge in [-0.2, -0.15) is 0 Å². The molecule has 126 valence electrons. The molecule has 0 saturated heterocycles. The first-order chi connectivity index (χ1) is 11.5. The predicted octanol–water partition coefficient (Wildman–Crippen LogP) is 3.09. The van der Waals surface area contributed by atoms with Crippen LogP contribution in [0.5, 0.6) is 0 Å². The molecule has 6 heteroatoms. The first-order valence-electron chi connectivity index (χ1n) is 7.73. The number of carbonyl (C=O) groups excluding carboxylic acids is 1. The van der Waals surface area contributed by atoms with Crippen molar-refractivity contribution in [1.29, 1.82) is 0 Å². The zero-order chi connectivity index (χ0) is 17.3. The summed E-state index contributed by atoms with van der Waals surface area (Å²) in [5.41, 5.74) is 1.75. The van der Waals surface area contributed by atoms with Gasteiger partial charge in [-0.1, -0.05) is 25.1 Å². The lowest BCUT2D eigenvalue weighted by Gasteiger charge is -2.28. The van der Waals surface area contributed by atoms with Crippen LogP contribution < -0.4 is 10.2 Å². The third-order valence-electron chi connectivity index (χ3n) is 4.17. The summed E-state index contributed by atoms with van der Waals surface area (Å²) in [5, 5.41) is 13.3. The zero-order valence-corrected chi connectivity index (χ0v) is 13.2. The summed E-state index contributed by atoms with van der Waals surface area (Å²) in [7, 11) is 0. The normalized spacial score (nSPS) is 18.6. The first kappa shape index (κ1) is 16.4. The highest BCUT2D eigenvalue weighted by atomic mass is 19.2. The van der Waals surface area contributed by atoms with E-state index < -0.39 is 17.7 Å². The van der Waals surface area contributed by atoms with Crippen LogP contribution in [0.3, 0.4) is 0 Å². The zero-order valence-electron chi connectivity index (χ0n) is 13.2. The van der Waals surface area contributed by atoms with Crippen LogP contribution in [0.1, 0.15) is 18.6 Å². The van der Waals surface area contributed by atoms with Crippen molar-refractivity contribution in [3.05, 3.63) is 59.7 Å². The van der Waals surface area contributed by atoms with Gasteiger partial charge >= 0.3 is 0 Å². The number of fused-ring (bicyclic) bond motifs is 1. The molecule has 1 aliphatic heterocycles. The Kier molecular flexibility index (Phi) is 4.49. The molecule has 2 N–H and O–H groups in total. The van der Waals surface area contributed by atoms with E-state index in [1.54, 1.807) is 13.0 Å². The molecule has 3 rings (SSSR count). The lowest BCUT2D eigenvalue weighted by atomic mass is 10.1. The average Bonchev–Trinajstić information content (AvgIpc) is 2.67. The Bertz CT molecular complexity index is 766. The molecule has 0 aliphatic carbocycles. The fourth-order valence-corrected chi connectivity index (χ4v) is 2.83. The lowest BCUT2D eigenvalue weighted by molar-refractivity contribution is -0.119. The number of nitrogens with zero attached hydrogens (tertiary/aromatic N) is 1. The molecule has 0 radical (unpaired) electrons. The van der Waals surface area contributed by atoms with Gasteiger partial charge in [0.15, 0.2) is 11.6 Å². The number of halogens is 2. The van der Waals surface area contributed by atoms with Crippen molar-refractivity contribution in [3.63, 3.8) is 0 Å². The summed E-state index contributed by atoms with van der Waals surface area (Å²) in [6.45, 7) is 2.39. The molecule has 1 heterocycles. The number of aliphatic hydroxyl groups excluding tert-OH is 1. The van der Waals surface area contributed by atoms with E-state index in [1.807, 2.05) is 23.1 Å². The van der Waals surface area contributed by atoms with Crippen LogP contribution in [0.25, 0.3) is 0 Å². The molecule has 1 aliphatic rings. The summed E-state index contributed by atoms with van der Waals surface area (Å²) < 4.78 is 26.4. The van der Waals surface area contributed by atoms with Crippen LogP contribution in [0.4, 0.5) is 20.2 Å². The SMILES string of the molecule is CC1CN(CC(O)c2ccc(F)c(F)c2)c2ccccc2NC1=O. The second-order valence-corrected chi connectivity index (χ2v) is 6.00. The third kappa shape index (κ3) is 3.23. The number of amides is 1. The number of hydrogen-bond donors (Lipinski definition) is 2. The minimum absolute atomic E-state index is 0.0905. The van der Waals surface area contributed by atoms with Gasteiger partial charge in [0, 0.05) is 13.1 Å². The predicted molar refractivity (Wildman–Crippen MR) is 87.8 cm³/mol. The molecule has 1 amide bonds. The first-order valence-corrected chi connectivity index (χ1v) is 7.73. The Hall–Kier alpha value is -2.47. The highest BCUT2D eigenvalue weighted by Crippen LogP contribution is 2.31. The highest BCUT2D eigenvalue weighted by Gasteiger charge is 2.26. The van der Waals surface area contributed by atoms with E-state index >= 15 is 0 Å². The van der Waals surface area contributed by atoms with E-state index in [1.165, 1.54) is 6.07 Å². The standard InChI is InChI=1S/C18H18F2N2O2/c1-11-9-22(16-5-3-2-4-15(16)21-18(11)24)10-17(23)12-6-7-13(19)14(20)8-12/h2-8,11,17,23H,9-10H2,1H3,(H,21,24). The Labute approximate surface area is 138 Å². The minimum Gasteiger partial charge on any atom is -0.387 e. The van der Waals surface area contributed by atoms with Crippen LogP contribution in [0.2, 0.25) is 0 Å². The van der Waals surface area contributed by atoms with Gasteiger partial charge in [0.2, 0.25) is 5.91 Å². The van der Waals surface area contributed by atoms with E-state index in [4.69, 9.17) is 0 Å². The molecule has 0 aromatic heterocycles. The van der Waals surface area contributed by atoms with Gasteiger partial charge in [0.25, 0.3) is 0 Å². The Balaban J connectivity index is 1.87. The van der Waals surface area contributed by atoms with Crippen molar-refractivity contribution in [2.45, 2.75) is 13.0 Å². The van der Waals surface area contributed by atoms with E-state index in [9.17, 15) is 18.7 Å². The van der Waals surface area contributed by atoms with E-state index in [0.717, 1.165) is 17.8 Å². The maximum atomic E-state index is 13.4. The molecule has 4 nitrogen and oxygen atoms in total. The average molecular weight is 332 g/mol. The Morgan fingerprint density at radius 1 is 1.25 bits per heavy atom. The Morgan fingerprint density at radius 2 is 2.00 bits per heavy atom. The molecule has 0 bridgehead atoms. The van der Waals surface area contributed by atoms with Crippen molar-refractivity contribution in [3.8, 4) is 0 Å². The number of anilines is 2. The molecule has 2 aromatic carbocycles. The largest absolute Gasteiger partial charge is 0.387 e. The molecule has 24 heavy (non-hydrogen) atoms. The van der Waals surface area contributed by atoms with E-state index in [2.05, 4.69) is 5.32 Å². The van der Waals surface area contributed by atoms with Crippen molar-refractivity contribution in [1.82, 2.24) is 0 Å². The van der Waals surface area contributed by atoms with Gasteiger partial charge < -0.3 is 15.3 Å². The molecule has 0 saturated carbocycles. The summed E-state index contributed by atoms with van der Waals surface area (Å²) in [4.78, 5) is 13.9. The van der Waals surface area contributed by atoms with Crippen LogP contribution in [0.15, 0.2) is 42.5 Å². The summed E-state index contributed by atoms with van der Waals surface area (Å²) in [6, 6.07) is 10.7. The van der Waals surface area contributed by atoms with Crippen molar-refractivity contribution >= 4 is 17.3 Å². The Morgan fingerprint density at radius 3 is 2.75 bits per heavy atom. The van der Waals surface area contributed by atoms with Crippen molar-refractivity contribution in [2.75, 3.05) is 23.3 Å². The summed E-state index contributed by atoms with van der Waals surface area (Å²) in [6.07, 6.45) is -1.01. The van der Waals surface area contributed by atoms with Gasteiger partial charge in [-0.05, 0) is 29.8 Å². The molecular weight excluding hydrogens is 314 g/mol. The topological polar surface area (TPSA) is 52.6 Å². The van der Waals surface area contributed by atoms with Gasteiger partial charge in [0.05, 0.1) is 23.4 Å². The van der Waals surface area contributed by atoms with Crippen LogP contribution in [0, 0.1) is 17.6 Å². The van der Waals surface area contributed by atoms with Gasteiger partial charge in [-0.15, -0.1) is 0 Å². The highest BCUT2D eigenvalue weighted by molar-refractivity contribution is 5.97. The lowest BCUT2D eigenvalue weighted by Crippen LogP contribution is -2.34. The van der Waals surface area contributed by atoms with Gasteiger partial charge in [-0.3, -0.25) is 4.79 Å². The van der Waals surface area contributed by atoms with Gasteiger partial charge in [0.1, 0.15) is 0 Å². The van der Waals surface area contributed by atoms with Crippen LogP contribution in [-0.4, -0.2) is 24.1 Å². The van der Waals surface area contributed by atoms with Crippen molar-refractivity contribution in [2.24, 2.45) is 5.92 Å². The summed E-state index contributed by atoms with van der Waals surface area (Å²) in [5.74, 6) is -2.30. The second kappa shape index (κ2) is 6.57. The number of nitrogens with one attached hydrogen (secondary N) is 1. The number of carbonyl (C=O) groups is 1. The van der Waals surface area contributed by atoms with Crippen LogP contribution in [-0.2, 0) is 4.79 Å². The van der Waals surface area contributed by atoms with E-state index in [0.29, 0.717) is 17.8 Å². The maximum absolute atomic E-state index is 13.4. The number of aliphatic hydroxyl groups is 1. The fraction of sp³-hybridized carbons (Fsp3) is 0.278. The number of para-hydroxylation sites is 2. The monoisotopic (exact) mass is 332 g/mol. The molecule has 2 unspecified atom stereocenters. The fourth-order valence-electron chi connectivity index (χ4n) is 2.83. The van der Waals surface area contributed by atoms with Crippen molar-refractivity contribution < 1.29 is 18.7 Å². The maximum Gasteiger partial charge on any atom is 0.229 e. The molecule has 0 fully saturated rings. The van der Waals surface area contributed by atoms with Gasteiger partial charge in [-0.25, -0.2) is 8.78 Å². The summed E-state index contributed by atoms with van der Waals surface area (Å²) >= 11 is 0. The number of hydrogen-bond acceptors (Lipinski definition) is 3. The third-order valence-corrected chi connectivity index (χ3v) is 4.17. The number of benzene rings is 2. The molecular formula is C18H18F2N2O2. The second-order valence-electron chi connectivity index (χ2n) is 6.00. The quantitative estimate of drug-likeness (QED) is 0.908. The number of rotatable bonds is 3. The van der Waals surface area contributed by atoms with Crippen LogP contribution >= 0.6 is 0 Å².